The lowest BCUT2D eigenvalue weighted by molar-refractivity contribution is -0.384. The highest BCUT2D eigenvalue weighted by Crippen LogP contribution is 2.30. The summed E-state index contributed by atoms with van der Waals surface area (Å²) in [5.41, 5.74) is 0.0667. The van der Waals surface area contributed by atoms with Crippen molar-refractivity contribution in [2.75, 3.05) is 18.4 Å². The SMILES string of the molecule is CC(C)N(CCNc1cc(Br)c(F)cc1[N+](=O)[O-])C(C)C. The fourth-order valence-electron chi connectivity index (χ4n) is 2.26. The molecule has 1 N–H and O–H groups in total. The molecule has 1 aromatic rings. The number of nitrogens with zero attached hydrogens (tertiary/aromatic N) is 2. The van der Waals surface area contributed by atoms with Gasteiger partial charge in [0.1, 0.15) is 11.5 Å². The van der Waals surface area contributed by atoms with Crippen molar-refractivity contribution >= 4 is 27.3 Å². The first-order valence-corrected chi connectivity index (χ1v) is 7.66. The maximum Gasteiger partial charge on any atom is 0.295 e. The van der Waals surface area contributed by atoms with Gasteiger partial charge in [-0.15, -0.1) is 0 Å². The average Bonchev–Trinajstić information content (AvgIpc) is 2.36. The Hall–Kier alpha value is -1.21. The van der Waals surface area contributed by atoms with E-state index >= 15 is 0 Å². The van der Waals surface area contributed by atoms with Crippen LogP contribution in [-0.2, 0) is 0 Å². The number of nitrogens with one attached hydrogen (secondary N) is 1. The van der Waals surface area contributed by atoms with Gasteiger partial charge in [-0.1, -0.05) is 0 Å². The quantitative estimate of drug-likeness (QED) is 0.588. The van der Waals surface area contributed by atoms with E-state index in [9.17, 15) is 14.5 Å². The molecule has 0 aliphatic carbocycles. The molecule has 5 nitrogen and oxygen atoms in total. The summed E-state index contributed by atoms with van der Waals surface area (Å²) >= 11 is 3.05. The Labute approximate surface area is 132 Å². The Bertz CT molecular complexity index is 501. The van der Waals surface area contributed by atoms with E-state index in [-0.39, 0.29) is 10.2 Å². The highest BCUT2D eigenvalue weighted by atomic mass is 79.9. The Kier molecular flexibility index (Phi) is 6.54. The molecule has 1 rings (SSSR count). The van der Waals surface area contributed by atoms with Gasteiger partial charge < -0.3 is 5.32 Å². The second kappa shape index (κ2) is 7.70. The molecule has 0 radical (unpaired) electrons. The van der Waals surface area contributed by atoms with Gasteiger partial charge in [-0.25, -0.2) is 4.39 Å². The average molecular weight is 362 g/mol. The van der Waals surface area contributed by atoms with Crippen LogP contribution in [0.25, 0.3) is 0 Å². The molecule has 0 saturated heterocycles. The molecule has 0 spiro atoms. The summed E-state index contributed by atoms with van der Waals surface area (Å²) in [7, 11) is 0. The molecule has 0 unspecified atom stereocenters. The highest BCUT2D eigenvalue weighted by molar-refractivity contribution is 9.10. The first kappa shape index (κ1) is 17.8. The number of halogens is 2. The molecular weight excluding hydrogens is 341 g/mol. The van der Waals surface area contributed by atoms with Gasteiger partial charge in [0.15, 0.2) is 0 Å². The van der Waals surface area contributed by atoms with Crippen LogP contribution in [0.5, 0.6) is 0 Å². The van der Waals surface area contributed by atoms with Crippen LogP contribution in [0.2, 0.25) is 0 Å². The number of nitro groups is 1. The second-order valence-corrected chi connectivity index (χ2v) is 6.25. The molecule has 1 aromatic carbocycles. The van der Waals surface area contributed by atoms with Crippen LogP contribution in [0.15, 0.2) is 16.6 Å². The lowest BCUT2D eigenvalue weighted by Gasteiger charge is -2.30. The van der Waals surface area contributed by atoms with Gasteiger partial charge in [0.25, 0.3) is 5.69 Å². The van der Waals surface area contributed by atoms with Crippen LogP contribution in [-0.4, -0.2) is 35.0 Å². The summed E-state index contributed by atoms with van der Waals surface area (Å²) < 4.78 is 13.6. The van der Waals surface area contributed by atoms with E-state index in [0.29, 0.717) is 24.3 Å². The maximum atomic E-state index is 13.4. The fourth-order valence-corrected chi connectivity index (χ4v) is 2.60. The van der Waals surface area contributed by atoms with Crippen LogP contribution in [0.4, 0.5) is 15.8 Å². The smallest absolute Gasteiger partial charge is 0.295 e. The van der Waals surface area contributed by atoms with Gasteiger partial charge >= 0.3 is 0 Å². The van der Waals surface area contributed by atoms with Gasteiger partial charge in [-0.2, -0.15) is 0 Å². The zero-order valence-corrected chi connectivity index (χ0v) is 14.3. The lowest BCUT2D eigenvalue weighted by atomic mass is 10.2. The summed E-state index contributed by atoms with van der Waals surface area (Å²) in [4.78, 5) is 12.7. The summed E-state index contributed by atoms with van der Waals surface area (Å²) in [6, 6.07) is 3.11. The number of anilines is 1. The first-order chi connectivity index (χ1) is 9.73. The van der Waals surface area contributed by atoms with E-state index in [4.69, 9.17) is 0 Å². The highest BCUT2D eigenvalue weighted by Gasteiger charge is 2.18. The van der Waals surface area contributed by atoms with Crippen molar-refractivity contribution in [3.05, 3.63) is 32.5 Å². The monoisotopic (exact) mass is 361 g/mol. The number of benzene rings is 1. The number of nitro benzene ring substituents is 1. The predicted octanol–water partition coefficient (Wildman–Crippen LogP) is 4.03. The summed E-state index contributed by atoms with van der Waals surface area (Å²) in [6.07, 6.45) is 0. The second-order valence-electron chi connectivity index (χ2n) is 5.39. The van der Waals surface area contributed by atoms with Crippen molar-refractivity contribution < 1.29 is 9.31 Å². The third-order valence-electron chi connectivity index (χ3n) is 3.25. The summed E-state index contributed by atoms with van der Waals surface area (Å²) in [6.45, 7) is 9.73. The third-order valence-corrected chi connectivity index (χ3v) is 3.86. The van der Waals surface area contributed by atoms with Crippen LogP contribution >= 0.6 is 15.9 Å². The van der Waals surface area contributed by atoms with Crippen molar-refractivity contribution in [3.8, 4) is 0 Å². The molecule has 0 saturated carbocycles. The Balaban J connectivity index is 2.79. The van der Waals surface area contributed by atoms with Crippen LogP contribution in [0, 0.1) is 15.9 Å². The normalized spacial score (nSPS) is 11.5. The van der Waals surface area contributed by atoms with E-state index in [2.05, 4.69) is 53.8 Å². The molecule has 0 amide bonds. The minimum atomic E-state index is -0.641. The molecule has 0 atom stereocenters. The minimum Gasteiger partial charge on any atom is -0.378 e. The topological polar surface area (TPSA) is 58.4 Å². The Morgan fingerprint density at radius 3 is 2.38 bits per heavy atom. The van der Waals surface area contributed by atoms with Gasteiger partial charge in [0.2, 0.25) is 0 Å². The van der Waals surface area contributed by atoms with Crippen molar-refractivity contribution in [2.45, 2.75) is 39.8 Å². The number of rotatable bonds is 7. The minimum absolute atomic E-state index is 0.208. The van der Waals surface area contributed by atoms with E-state index in [0.717, 1.165) is 12.6 Å². The number of hydrogen-bond acceptors (Lipinski definition) is 4. The zero-order chi connectivity index (χ0) is 16.2. The molecule has 0 heterocycles. The largest absolute Gasteiger partial charge is 0.378 e. The van der Waals surface area contributed by atoms with E-state index in [1.54, 1.807) is 0 Å². The van der Waals surface area contributed by atoms with Crippen molar-refractivity contribution in [1.29, 1.82) is 0 Å². The van der Waals surface area contributed by atoms with Crippen molar-refractivity contribution in [3.63, 3.8) is 0 Å². The predicted molar refractivity (Wildman–Crippen MR) is 86.2 cm³/mol. The Morgan fingerprint density at radius 2 is 1.90 bits per heavy atom. The molecule has 21 heavy (non-hydrogen) atoms. The van der Waals surface area contributed by atoms with Crippen molar-refractivity contribution in [1.82, 2.24) is 4.90 Å². The Morgan fingerprint density at radius 1 is 1.33 bits per heavy atom. The molecule has 0 bridgehead atoms. The third kappa shape index (κ3) is 4.93. The van der Waals surface area contributed by atoms with Gasteiger partial charge in [-0.05, 0) is 49.7 Å². The fraction of sp³-hybridized carbons (Fsp3) is 0.571. The molecule has 0 aliphatic heterocycles. The van der Waals surface area contributed by atoms with E-state index in [1.807, 2.05) is 0 Å². The van der Waals surface area contributed by atoms with Crippen molar-refractivity contribution in [2.24, 2.45) is 0 Å². The first-order valence-electron chi connectivity index (χ1n) is 6.87. The van der Waals surface area contributed by atoms with Gasteiger partial charge in [0, 0.05) is 25.2 Å². The summed E-state index contributed by atoms with van der Waals surface area (Å²) in [5.74, 6) is -0.641. The van der Waals surface area contributed by atoms with Crippen LogP contribution in [0.1, 0.15) is 27.7 Å². The maximum absolute atomic E-state index is 13.4. The standard InChI is InChI=1S/C14H21BrFN3O2/c1-9(2)18(10(3)4)6-5-17-13-7-11(15)12(16)8-14(13)19(20)21/h7-10,17H,5-6H2,1-4H3. The zero-order valence-electron chi connectivity index (χ0n) is 12.7. The molecule has 0 aliphatic rings. The molecular formula is C14H21BrFN3O2. The number of hydrogen-bond donors (Lipinski definition) is 1. The van der Waals surface area contributed by atoms with E-state index < -0.39 is 10.7 Å². The molecule has 0 aromatic heterocycles. The molecule has 7 heteroatoms. The van der Waals surface area contributed by atoms with E-state index in [1.165, 1.54) is 6.07 Å². The van der Waals surface area contributed by atoms with Gasteiger partial charge in [0.05, 0.1) is 15.5 Å². The van der Waals surface area contributed by atoms with Crippen LogP contribution < -0.4 is 5.32 Å². The van der Waals surface area contributed by atoms with Crippen LogP contribution in [0.3, 0.4) is 0 Å². The van der Waals surface area contributed by atoms with Gasteiger partial charge in [-0.3, -0.25) is 15.0 Å². The molecule has 0 fully saturated rings. The molecule has 118 valence electrons. The summed E-state index contributed by atoms with van der Waals surface area (Å²) in [5, 5.41) is 14.0. The lowest BCUT2D eigenvalue weighted by Crippen LogP contribution is -2.40.